The van der Waals surface area contributed by atoms with E-state index in [4.69, 9.17) is 5.11 Å². The monoisotopic (exact) mass is 219 g/mol. The maximum atomic E-state index is 11.7. The van der Waals surface area contributed by atoms with E-state index in [9.17, 15) is 9.59 Å². The fourth-order valence-electron chi connectivity index (χ4n) is 1.21. The lowest BCUT2D eigenvalue weighted by Gasteiger charge is -2.10. The van der Waals surface area contributed by atoms with Gasteiger partial charge in [0.05, 0.1) is 11.1 Å². The van der Waals surface area contributed by atoms with Gasteiger partial charge in [-0.1, -0.05) is 18.2 Å². The quantitative estimate of drug-likeness (QED) is 0.757. The minimum absolute atomic E-state index is 0.00346. The Morgan fingerprint density at radius 3 is 2.44 bits per heavy atom. The van der Waals surface area contributed by atoms with Gasteiger partial charge in [0.2, 0.25) is 0 Å². The molecule has 1 rings (SSSR count). The molecule has 0 spiro atoms. The highest BCUT2D eigenvalue weighted by atomic mass is 16.4. The maximum absolute atomic E-state index is 11.7. The lowest BCUT2D eigenvalue weighted by molar-refractivity contribution is 0.0690. The van der Waals surface area contributed by atoms with Gasteiger partial charge >= 0.3 is 5.97 Å². The Labute approximate surface area is 93.6 Å². The van der Waals surface area contributed by atoms with Crippen molar-refractivity contribution in [3.05, 3.63) is 48.0 Å². The number of amides is 1. The van der Waals surface area contributed by atoms with E-state index in [1.54, 1.807) is 25.1 Å². The minimum atomic E-state index is -1.11. The van der Waals surface area contributed by atoms with Crippen LogP contribution in [0.4, 0.5) is 0 Å². The summed E-state index contributed by atoms with van der Waals surface area (Å²) in [5.41, 5.74) is 0.153. The van der Waals surface area contributed by atoms with Crippen molar-refractivity contribution in [3.63, 3.8) is 0 Å². The molecule has 0 aromatic heterocycles. The number of rotatable bonds is 4. The molecular weight excluding hydrogens is 206 g/mol. The van der Waals surface area contributed by atoms with E-state index in [2.05, 4.69) is 11.9 Å². The smallest absolute Gasteiger partial charge is 0.336 e. The standard InChI is InChI=1S/C12H13NO3/c1-3-8(2)13-11(14)9-6-4-5-7-10(9)12(15)16/h3-8H,1H2,2H3,(H,13,14)(H,15,16). The summed E-state index contributed by atoms with van der Waals surface area (Å²) in [5, 5.41) is 11.5. The van der Waals surface area contributed by atoms with Crippen LogP contribution in [0.1, 0.15) is 27.6 Å². The first-order valence-electron chi connectivity index (χ1n) is 4.82. The zero-order chi connectivity index (χ0) is 12.1. The van der Waals surface area contributed by atoms with Crippen molar-refractivity contribution >= 4 is 11.9 Å². The Bertz CT molecular complexity index is 426. The van der Waals surface area contributed by atoms with Gasteiger partial charge in [-0.3, -0.25) is 4.79 Å². The van der Waals surface area contributed by atoms with E-state index >= 15 is 0 Å². The summed E-state index contributed by atoms with van der Waals surface area (Å²) in [6.45, 7) is 5.29. The lowest BCUT2D eigenvalue weighted by atomic mass is 10.1. The number of carboxylic acids is 1. The third kappa shape index (κ3) is 2.70. The summed E-state index contributed by atoms with van der Waals surface area (Å²) in [6, 6.07) is 5.89. The van der Waals surface area contributed by atoms with Crippen molar-refractivity contribution < 1.29 is 14.7 Å². The molecule has 1 aromatic carbocycles. The molecular formula is C12H13NO3. The summed E-state index contributed by atoms with van der Waals surface area (Å²) >= 11 is 0. The first-order valence-corrected chi connectivity index (χ1v) is 4.82. The average Bonchev–Trinajstić information content (AvgIpc) is 2.28. The van der Waals surface area contributed by atoms with Crippen molar-refractivity contribution in [1.29, 1.82) is 0 Å². The van der Waals surface area contributed by atoms with Crippen LogP contribution in [-0.2, 0) is 0 Å². The van der Waals surface area contributed by atoms with E-state index in [1.165, 1.54) is 12.1 Å². The van der Waals surface area contributed by atoms with E-state index in [0.717, 1.165) is 0 Å². The number of carbonyl (C=O) groups is 2. The van der Waals surface area contributed by atoms with E-state index < -0.39 is 11.9 Å². The maximum Gasteiger partial charge on any atom is 0.336 e. The van der Waals surface area contributed by atoms with Gasteiger partial charge in [0, 0.05) is 6.04 Å². The molecule has 0 saturated carbocycles. The Morgan fingerprint density at radius 2 is 1.94 bits per heavy atom. The molecule has 0 aliphatic rings. The highest BCUT2D eigenvalue weighted by molar-refractivity contribution is 6.04. The molecule has 0 bridgehead atoms. The predicted molar refractivity (Wildman–Crippen MR) is 60.5 cm³/mol. The van der Waals surface area contributed by atoms with Gasteiger partial charge in [0.25, 0.3) is 5.91 Å². The molecule has 0 aliphatic carbocycles. The second kappa shape index (κ2) is 5.11. The molecule has 16 heavy (non-hydrogen) atoms. The largest absolute Gasteiger partial charge is 0.478 e. The minimum Gasteiger partial charge on any atom is -0.478 e. The molecule has 1 aromatic rings. The number of benzene rings is 1. The van der Waals surface area contributed by atoms with Crippen molar-refractivity contribution in [2.75, 3.05) is 0 Å². The highest BCUT2D eigenvalue weighted by Gasteiger charge is 2.16. The SMILES string of the molecule is C=CC(C)NC(=O)c1ccccc1C(=O)O. The third-order valence-electron chi connectivity index (χ3n) is 2.11. The summed E-state index contributed by atoms with van der Waals surface area (Å²) in [7, 11) is 0. The summed E-state index contributed by atoms with van der Waals surface area (Å²) in [4.78, 5) is 22.6. The Hall–Kier alpha value is -2.10. The fraction of sp³-hybridized carbons (Fsp3) is 0.167. The van der Waals surface area contributed by atoms with Crippen molar-refractivity contribution in [3.8, 4) is 0 Å². The molecule has 1 amide bonds. The molecule has 4 nitrogen and oxygen atoms in total. The van der Waals surface area contributed by atoms with Crippen LogP contribution in [0.25, 0.3) is 0 Å². The van der Waals surface area contributed by atoms with E-state index in [1.807, 2.05) is 0 Å². The first-order chi connectivity index (χ1) is 7.56. The van der Waals surface area contributed by atoms with Crippen molar-refractivity contribution in [2.45, 2.75) is 13.0 Å². The van der Waals surface area contributed by atoms with Gasteiger partial charge in [-0.2, -0.15) is 0 Å². The lowest BCUT2D eigenvalue weighted by Crippen LogP contribution is -2.32. The van der Waals surface area contributed by atoms with Gasteiger partial charge in [0.15, 0.2) is 0 Å². The number of nitrogens with one attached hydrogen (secondary N) is 1. The normalized spacial score (nSPS) is 11.6. The molecule has 2 N–H and O–H groups in total. The van der Waals surface area contributed by atoms with E-state index in [-0.39, 0.29) is 17.2 Å². The number of carboxylic acid groups (broad SMARTS) is 1. The Morgan fingerprint density at radius 1 is 1.38 bits per heavy atom. The topological polar surface area (TPSA) is 66.4 Å². The fourth-order valence-corrected chi connectivity index (χ4v) is 1.21. The van der Waals surface area contributed by atoms with Crippen LogP contribution < -0.4 is 5.32 Å². The second-order valence-electron chi connectivity index (χ2n) is 3.35. The Balaban J connectivity index is 2.99. The summed E-state index contributed by atoms with van der Waals surface area (Å²) in [5.74, 6) is -1.53. The van der Waals surface area contributed by atoms with E-state index in [0.29, 0.717) is 0 Å². The van der Waals surface area contributed by atoms with Crippen LogP contribution in [0, 0.1) is 0 Å². The molecule has 84 valence electrons. The highest BCUT2D eigenvalue weighted by Crippen LogP contribution is 2.08. The molecule has 0 radical (unpaired) electrons. The van der Waals surface area contributed by atoms with Gasteiger partial charge in [0.1, 0.15) is 0 Å². The first kappa shape index (κ1) is 12.0. The van der Waals surface area contributed by atoms with Gasteiger partial charge in [-0.25, -0.2) is 4.79 Å². The molecule has 1 unspecified atom stereocenters. The second-order valence-corrected chi connectivity index (χ2v) is 3.35. The van der Waals surface area contributed by atoms with Crippen LogP contribution in [0.5, 0.6) is 0 Å². The van der Waals surface area contributed by atoms with Crippen LogP contribution in [0.3, 0.4) is 0 Å². The van der Waals surface area contributed by atoms with Crippen LogP contribution >= 0.6 is 0 Å². The third-order valence-corrected chi connectivity index (χ3v) is 2.11. The van der Waals surface area contributed by atoms with Crippen molar-refractivity contribution in [1.82, 2.24) is 5.32 Å². The van der Waals surface area contributed by atoms with Crippen LogP contribution in [0.15, 0.2) is 36.9 Å². The predicted octanol–water partition coefficient (Wildman–Crippen LogP) is 1.69. The van der Waals surface area contributed by atoms with Gasteiger partial charge in [-0.15, -0.1) is 6.58 Å². The molecule has 0 heterocycles. The Kier molecular flexibility index (Phi) is 3.83. The zero-order valence-corrected chi connectivity index (χ0v) is 8.93. The molecule has 0 fully saturated rings. The molecule has 0 saturated heterocycles. The van der Waals surface area contributed by atoms with Crippen LogP contribution in [0.2, 0.25) is 0 Å². The van der Waals surface area contributed by atoms with Crippen molar-refractivity contribution in [2.24, 2.45) is 0 Å². The number of aromatic carboxylic acids is 1. The average molecular weight is 219 g/mol. The molecule has 1 atom stereocenters. The summed E-state index contributed by atoms with van der Waals surface area (Å²) < 4.78 is 0. The van der Waals surface area contributed by atoms with Gasteiger partial charge < -0.3 is 10.4 Å². The zero-order valence-electron chi connectivity index (χ0n) is 8.93. The van der Waals surface area contributed by atoms with Gasteiger partial charge in [-0.05, 0) is 19.1 Å². The number of hydrogen-bond acceptors (Lipinski definition) is 2. The van der Waals surface area contributed by atoms with Crippen LogP contribution in [-0.4, -0.2) is 23.0 Å². The summed E-state index contributed by atoms with van der Waals surface area (Å²) in [6.07, 6.45) is 1.57. The number of hydrogen-bond donors (Lipinski definition) is 2. The number of carbonyl (C=O) groups excluding carboxylic acids is 1. The molecule has 0 aliphatic heterocycles. The molecule has 4 heteroatoms.